The van der Waals surface area contributed by atoms with Crippen LogP contribution in [0.1, 0.15) is 30.1 Å². The van der Waals surface area contributed by atoms with Crippen LogP contribution in [0.15, 0.2) is 12.1 Å². The van der Waals surface area contributed by atoms with Crippen LogP contribution < -0.4 is 5.73 Å². The van der Waals surface area contributed by atoms with E-state index >= 15 is 0 Å². The van der Waals surface area contributed by atoms with Gasteiger partial charge in [-0.3, -0.25) is 4.79 Å². The van der Waals surface area contributed by atoms with Gasteiger partial charge in [0.25, 0.3) is 5.91 Å². The maximum Gasteiger partial charge on any atom is 0.254 e. The standard InChI is InChI=1S/C14H17F3N2O/c1-8(18)9-2-4-19(5-3-9)14(20)10-6-11(15)13(17)12(16)7-10/h6-9H,2-5,18H2,1H3. The average Bonchev–Trinajstić information content (AvgIpc) is 2.43. The summed E-state index contributed by atoms with van der Waals surface area (Å²) in [4.78, 5) is 13.6. The number of carbonyl (C=O) groups excluding carboxylic acids is 1. The molecule has 1 saturated heterocycles. The van der Waals surface area contributed by atoms with Crippen LogP contribution in [-0.4, -0.2) is 29.9 Å². The molecule has 20 heavy (non-hydrogen) atoms. The summed E-state index contributed by atoms with van der Waals surface area (Å²) in [6, 6.07) is 1.53. The van der Waals surface area contributed by atoms with Gasteiger partial charge in [-0.25, -0.2) is 13.2 Å². The number of nitrogens with zero attached hydrogens (tertiary/aromatic N) is 1. The molecule has 6 heteroatoms. The second-order valence-electron chi connectivity index (χ2n) is 5.24. The second kappa shape index (κ2) is 5.83. The normalized spacial score (nSPS) is 18.1. The summed E-state index contributed by atoms with van der Waals surface area (Å²) in [6.45, 7) is 2.91. The lowest BCUT2D eigenvalue weighted by molar-refractivity contribution is 0.0679. The SMILES string of the molecule is CC(N)C1CCN(C(=O)c2cc(F)c(F)c(F)c2)CC1. The fourth-order valence-electron chi connectivity index (χ4n) is 2.49. The third-order valence-electron chi connectivity index (χ3n) is 3.80. The molecule has 1 aromatic carbocycles. The van der Waals surface area contributed by atoms with Crippen molar-refractivity contribution in [2.75, 3.05) is 13.1 Å². The van der Waals surface area contributed by atoms with Gasteiger partial charge in [-0.05, 0) is 37.8 Å². The third-order valence-corrected chi connectivity index (χ3v) is 3.80. The molecule has 2 rings (SSSR count). The van der Waals surface area contributed by atoms with Crippen molar-refractivity contribution >= 4 is 5.91 Å². The molecule has 1 aromatic rings. The predicted octanol–water partition coefficient (Wildman–Crippen LogP) is 2.30. The number of benzene rings is 1. The molecule has 1 heterocycles. The monoisotopic (exact) mass is 286 g/mol. The van der Waals surface area contributed by atoms with Crippen molar-refractivity contribution in [3.63, 3.8) is 0 Å². The first-order chi connectivity index (χ1) is 9.40. The Labute approximate surface area is 115 Å². The highest BCUT2D eigenvalue weighted by Crippen LogP contribution is 2.22. The maximum atomic E-state index is 13.1. The number of amides is 1. The molecule has 1 aliphatic rings. The smallest absolute Gasteiger partial charge is 0.254 e. The van der Waals surface area contributed by atoms with E-state index in [9.17, 15) is 18.0 Å². The quantitative estimate of drug-likeness (QED) is 0.848. The van der Waals surface area contributed by atoms with E-state index in [2.05, 4.69) is 0 Å². The minimum atomic E-state index is -1.56. The van der Waals surface area contributed by atoms with Gasteiger partial charge in [0.1, 0.15) is 0 Å². The Hall–Kier alpha value is -1.56. The summed E-state index contributed by atoms with van der Waals surface area (Å²) >= 11 is 0. The van der Waals surface area contributed by atoms with Gasteiger partial charge in [0.15, 0.2) is 17.5 Å². The van der Waals surface area contributed by atoms with E-state index in [1.807, 2.05) is 6.92 Å². The maximum absolute atomic E-state index is 13.1. The van der Waals surface area contributed by atoms with Crippen LogP contribution >= 0.6 is 0 Å². The largest absolute Gasteiger partial charge is 0.339 e. The lowest BCUT2D eigenvalue weighted by Gasteiger charge is -2.33. The summed E-state index contributed by atoms with van der Waals surface area (Å²) in [5, 5.41) is 0. The predicted molar refractivity (Wildman–Crippen MR) is 68.6 cm³/mol. The first kappa shape index (κ1) is 14.8. The molecule has 1 unspecified atom stereocenters. The topological polar surface area (TPSA) is 46.3 Å². The van der Waals surface area contributed by atoms with Crippen molar-refractivity contribution in [1.82, 2.24) is 4.90 Å². The molecule has 110 valence electrons. The number of halogens is 3. The Balaban J connectivity index is 2.09. The molecule has 1 aliphatic heterocycles. The molecule has 2 N–H and O–H groups in total. The van der Waals surface area contributed by atoms with Crippen molar-refractivity contribution in [2.24, 2.45) is 11.7 Å². The number of nitrogens with two attached hydrogens (primary N) is 1. The van der Waals surface area contributed by atoms with Crippen LogP contribution in [0.25, 0.3) is 0 Å². The van der Waals surface area contributed by atoms with Crippen molar-refractivity contribution in [2.45, 2.75) is 25.8 Å². The van der Waals surface area contributed by atoms with Gasteiger partial charge >= 0.3 is 0 Å². The lowest BCUT2D eigenvalue weighted by atomic mass is 9.90. The van der Waals surface area contributed by atoms with Crippen molar-refractivity contribution in [3.8, 4) is 0 Å². The number of carbonyl (C=O) groups is 1. The van der Waals surface area contributed by atoms with E-state index in [4.69, 9.17) is 5.73 Å². The summed E-state index contributed by atoms with van der Waals surface area (Å²) in [7, 11) is 0. The number of hydrogen-bond acceptors (Lipinski definition) is 2. The van der Waals surface area contributed by atoms with Crippen molar-refractivity contribution < 1.29 is 18.0 Å². The molecule has 0 bridgehead atoms. The number of rotatable bonds is 2. The molecule has 3 nitrogen and oxygen atoms in total. The first-order valence-electron chi connectivity index (χ1n) is 6.59. The van der Waals surface area contributed by atoms with Gasteiger partial charge in [-0.15, -0.1) is 0 Å². The van der Waals surface area contributed by atoms with Crippen LogP contribution in [0.3, 0.4) is 0 Å². The minimum Gasteiger partial charge on any atom is -0.339 e. The Morgan fingerprint density at radius 2 is 1.75 bits per heavy atom. The Morgan fingerprint density at radius 3 is 2.20 bits per heavy atom. The van der Waals surface area contributed by atoms with Gasteiger partial charge < -0.3 is 10.6 Å². The fourth-order valence-corrected chi connectivity index (χ4v) is 2.49. The Morgan fingerprint density at radius 1 is 1.25 bits per heavy atom. The van der Waals surface area contributed by atoms with Crippen molar-refractivity contribution in [3.05, 3.63) is 35.1 Å². The van der Waals surface area contributed by atoms with Crippen LogP contribution in [0.2, 0.25) is 0 Å². The second-order valence-corrected chi connectivity index (χ2v) is 5.24. The molecule has 0 spiro atoms. The molecule has 0 saturated carbocycles. The molecule has 0 aliphatic carbocycles. The summed E-state index contributed by atoms with van der Waals surface area (Å²) < 4.78 is 39.1. The van der Waals surface area contributed by atoms with Gasteiger partial charge in [0.2, 0.25) is 0 Å². The van der Waals surface area contributed by atoms with E-state index in [0.29, 0.717) is 19.0 Å². The van der Waals surface area contributed by atoms with E-state index in [1.165, 1.54) is 4.90 Å². The first-order valence-corrected chi connectivity index (χ1v) is 6.59. The highest BCUT2D eigenvalue weighted by Gasteiger charge is 2.26. The van der Waals surface area contributed by atoms with Crippen LogP contribution in [-0.2, 0) is 0 Å². The van der Waals surface area contributed by atoms with Crippen LogP contribution in [0.5, 0.6) is 0 Å². The molecule has 0 radical (unpaired) electrons. The van der Waals surface area contributed by atoms with Gasteiger partial charge in [-0.1, -0.05) is 0 Å². The Kier molecular flexibility index (Phi) is 4.32. The van der Waals surface area contributed by atoms with E-state index in [0.717, 1.165) is 25.0 Å². The summed E-state index contributed by atoms with van der Waals surface area (Å²) in [5.41, 5.74) is 5.65. The van der Waals surface area contributed by atoms with E-state index in [1.54, 1.807) is 0 Å². The highest BCUT2D eigenvalue weighted by molar-refractivity contribution is 5.94. The number of piperidine rings is 1. The fraction of sp³-hybridized carbons (Fsp3) is 0.500. The average molecular weight is 286 g/mol. The molecule has 1 fully saturated rings. The van der Waals surface area contributed by atoms with Gasteiger partial charge in [0, 0.05) is 24.7 Å². The van der Waals surface area contributed by atoms with Gasteiger partial charge in [-0.2, -0.15) is 0 Å². The molecule has 1 atom stereocenters. The molecule has 1 amide bonds. The zero-order chi connectivity index (χ0) is 14.9. The lowest BCUT2D eigenvalue weighted by Crippen LogP contribution is -2.42. The molecule has 0 aromatic heterocycles. The minimum absolute atomic E-state index is 0.0629. The Bertz CT molecular complexity index is 488. The summed E-state index contributed by atoms with van der Waals surface area (Å²) in [5.74, 6) is -4.39. The van der Waals surface area contributed by atoms with Crippen LogP contribution in [0.4, 0.5) is 13.2 Å². The molecular formula is C14H17F3N2O. The highest BCUT2D eigenvalue weighted by atomic mass is 19.2. The molecular weight excluding hydrogens is 269 g/mol. The summed E-state index contributed by atoms with van der Waals surface area (Å²) in [6.07, 6.45) is 1.52. The van der Waals surface area contributed by atoms with Crippen molar-refractivity contribution in [1.29, 1.82) is 0 Å². The third kappa shape index (κ3) is 2.95. The van der Waals surface area contributed by atoms with Gasteiger partial charge in [0.05, 0.1) is 0 Å². The van der Waals surface area contributed by atoms with E-state index in [-0.39, 0.29) is 11.6 Å². The zero-order valence-electron chi connectivity index (χ0n) is 11.2. The van der Waals surface area contributed by atoms with E-state index < -0.39 is 23.4 Å². The zero-order valence-corrected chi connectivity index (χ0v) is 11.2. The number of hydrogen-bond donors (Lipinski definition) is 1. The number of likely N-dealkylation sites (tertiary alicyclic amines) is 1. The van der Waals surface area contributed by atoms with Crippen LogP contribution in [0, 0.1) is 23.4 Å².